The second-order valence-corrected chi connectivity index (χ2v) is 7.15. The molecule has 0 unspecified atom stereocenters. The van der Waals surface area contributed by atoms with Crippen LogP contribution in [0.5, 0.6) is 0 Å². The van der Waals surface area contributed by atoms with Crippen LogP contribution >= 0.6 is 11.3 Å². The average molecular weight is 324 g/mol. The Kier molecular flexibility index (Phi) is 3.25. The van der Waals surface area contributed by atoms with Gasteiger partial charge in [0.25, 0.3) is 0 Å². The minimum absolute atomic E-state index is 0.354. The van der Waals surface area contributed by atoms with Gasteiger partial charge in [0.1, 0.15) is 4.88 Å². The molecule has 0 amide bonds. The number of hydrogen-bond acceptors (Lipinski definition) is 3. The molecule has 0 aliphatic heterocycles. The third-order valence-electron chi connectivity index (χ3n) is 4.67. The molecule has 116 valence electrons. The van der Waals surface area contributed by atoms with Gasteiger partial charge in [0.05, 0.1) is 5.60 Å². The van der Waals surface area contributed by atoms with E-state index in [1.807, 2.05) is 42.5 Å². The lowest BCUT2D eigenvalue weighted by Gasteiger charge is -2.37. The number of carboxylic acid groups (broad SMARTS) is 1. The molecule has 2 N–H and O–H groups in total. The molecular weight excluding hydrogens is 308 g/mol. The number of carbonyl (C=O) groups is 1. The van der Waals surface area contributed by atoms with Crippen LogP contribution in [-0.2, 0) is 5.60 Å². The zero-order chi connectivity index (χ0) is 16.0. The number of thiophene rings is 1. The predicted octanol–water partition coefficient (Wildman–Crippen LogP) is 4.64. The average Bonchev–Trinajstić information content (AvgIpc) is 2.97. The van der Waals surface area contributed by atoms with Gasteiger partial charge in [0.15, 0.2) is 0 Å². The van der Waals surface area contributed by atoms with E-state index in [0.29, 0.717) is 4.88 Å². The number of rotatable bonds is 3. The minimum atomic E-state index is -0.889. The maximum atomic E-state index is 11.2. The first-order chi connectivity index (χ1) is 11.1. The Balaban J connectivity index is 1.78. The summed E-state index contributed by atoms with van der Waals surface area (Å²) in [6.07, 6.45) is 2.73. The molecular formula is C19H16O3S. The van der Waals surface area contributed by atoms with E-state index in [9.17, 15) is 15.0 Å². The van der Waals surface area contributed by atoms with Gasteiger partial charge in [-0.2, -0.15) is 0 Å². The molecule has 23 heavy (non-hydrogen) atoms. The molecule has 2 aromatic carbocycles. The van der Waals surface area contributed by atoms with E-state index >= 15 is 0 Å². The molecule has 1 fully saturated rings. The quantitative estimate of drug-likeness (QED) is 0.738. The van der Waals surface area contributed by atoms with Crippen LogP contribution in [0.4, 0.5) is 0 Å². The van der Waals surface area contributed by atoms with Crippen molar-refractivity contribution in [2.75, 3.05) is 0 Å². The highest BCUT2D eigenvalue weighted by molar-refractivity contribution is 7.21. The van der Waals surface area contributed by atoms with Crippen LogP contribution in [0.15, 0.2) is 48.5 Å². The molecule has 0 radical (unpaired) electrons. The second-order valence-electron chi connectivity index (χ2n) is 6.10. The van der Waals surface area contributed by atoms with Crippen molar-refractivity contribution in [3.63, 3.8) is 0 Å². The molecule has 3 nitrogen and oxygen atoms in total. The van der Waals surface area contributed by atoms with Crippen molar-refractivity contribution in [1.82, 2.24) is 0 Å². The fraction of sp³-hybridized carbons (Fsp3) is 0.211. The normalized spacial score (nSPS) is 16.2. The third-order valence-corrected chi connectivity index (χ3v) is 5.84. The van der Waals surface area contributed by atoms with Crippen molar-refractivity contribution in [1.29, 1.82) is 0 Å². The van der Waals surface area contributed by atoms with Crippen molar-refractivity contribution in [3.05, 3.63) is 59.0 Å². The van der Waals surface area contributed by atoms with E-state index < -0.39 is 11.6 Å². The Morgan fingerprint density at radius 3 is 2.43 bits per heavy atom. The van der Waals surface area contributed by atoms with Crippen LogP contribution in [-0.4, -0.2) is 16.2 Å². The van der Waals surface area contributed by atoms with E-state index in [1.165, 1.54) is 11.3 Å². The lowest BCUT2D eigenvalue weighted by molar-refractivity contribution is -0.0387. The van der Waals surface area contributed by atoms with Gasteiger partial charge in [-0.3, -0.25) is 0 Å². The fourth-order valence-electron chi connectivity index (χ4n) is 3.16. The number of aliphatic hydroxyl groups is 1. The monoisotopic (exact) mass is 324 g/mol. The molecule has 3 aromatic rings. The van der Waals surface area contributed by atoms with Crippen molar-refractivity contribution in [2.24, 2.45) is 0 Å². The molecule has 1 aliphatic rings. The van der Waals surface area contributed by atoms with Crippen LogP contribution in [0.1, 0.15) is 34.5 Å². The van der Waals surface area contributed by atoms with Gasteiger partial charge >= 0.3 is 5.97 Å². The van der Waals surface area contributed by atoms with Gasteiger partial charge in [-0.25, -0.2) is 4.79 Å². The summed E-state index contributed by atoms with van der Waals surface area (Å²) in [5.74, 6) is -0.889. The Morgan fingerprint density at radius 1 is 1.09 bits per heavy atom. The molecule has 1 saturated carbocycles. The molecule has 0 spiro atoms. The fourth-order valence-corrected chi connectivity index (χ4v) is 4.19. The standard InChI is InChI=1S/C19H16O3S/c20-18(21)16-11-13-3-1-4-15(17(13)23-16)12-5-7-14(8-6-12)19(22)9-2-10-19/h1,3-8,11,22H,2,9-10H2,(H,20,21). The summed E-state index contributed by atoms with van der Waals surface area (Å²) < 4.78 is 0.986. The van der Waals surface area contributed by atoms with Crippen molar-refractivity contribution in [3.8, 4) is 11.1 Å². The van der Waals surface area contributed by atoms with Gasteiger partial charge in [0, 0.05) is 4.70 Å². The zero-order valence-corrected chi connectivity index (χ0v) is 13.3. The first kappa shape index (κ1) is 14.4. The number of benzene rings is 2. The summed E-state index contributed by atoms with van der Waals surface area (Å²) >= 11 is 1.30. The predicted molar refractivity (Wildman–Crippen MR) is 92.0 cm³/mol. The molecule has 4 heteroatoms. The van der Waals surface area contributed by atoms with E-state index in [2.05, 4.69) is 0 Å². The highest BCUT2D eigenvalue weighted by Gasteiger charge is 2.35. The topological polar surface area (TPSA) is 57.5 Å². The second kappa shape index (κ2) is 5.18. The van der Waals surface area contributed by atoms with Crippen molar-refractivity contribution < 1.29 is 15.0 Å². The van der Waals surface area contributed by atoms with Crippen LogP contribution in [0, 0.1) is 0 Å². The van der Waals surface area contributed by atoms with Crippen molar-refractivity contribution >= 4 is 27.4 Å². The summed E-state index contributed by atoms with van der Waals surface area (Å²) in [7, 11) is 0. The first-order valence-corrected chi connectivity index (χ1v) is 8.48. The number of carboxylic acids is 1. The largest absolute Gasteiger partial charge is 0.477 e. The van der Waals surface area contributed by atoms with Crippen LogP contribution in [0.25, 0.3) is 21.2 Å². The highest BCUT2D eigenvalue weighted by Crippen LogP contribution is 2.42. The molecule has 1 heterocycles. The number of hydrogen-bond donors (Lipinski definition) is 2. The Labute approximate surface area is 137 Å². The SMILES string of the molecule is O=C(O)c1cc2cccc(-c3ccc(C4(O)CCC4)cc3)c2s1. The number of fused-ring (bicyclic) bond motifs is 1. The molecule has 1 aromatic heterocycles. The van der Waals surface area contributed by atoms with Crippen LogP contribution in [0.2, 0.25) is 0 Å². The molecule has 0 saturated heterocycles. The van der Waals surface area contributed by atoms with E-state index in [4.69, 9.17) is 0 Å². The van der Waals surface area contributed by atoms with E-state index in [-0.39, 0.29) is 0 Å². The summed E-state index contributed by atoms with van der Waals surface area (Å²) in [5.41, 5.74) is 2.40. The van der Waals surface area contributed by atoms with Gasteiger partial charge < -0.3 is 10.2 Å². The molecule has 0 atom stereocenters. The lowest BCUT2D eigenvalue weighted by Crippen LogP contribution is -2.33. The number of aromatic carboxylic acids is 1. The smallest absolute Gasteiger partial charge is 0.345 e. The summed E-state index contributed by atoms with van der Waals surface area (Å²) in [5, 5.41) is 20.6. The Morgan fingerprint density at radius 2 is 1.83 bits per heavy atom. The van der Waals surface area contributed by atoms with Crippen molar-refractivity contribution in [2.45, 2.75) is 24.9 Å². The Hall–Kier alpha value is -2.17. The van der Waals surface area contributed by atoms with Gasteiger partial charge in [0.2, 0.25) is 0 Å². The maximum absolute atomic E-state index is 11.2. The molecule has 0 bridgehead atoms. The maximum Gasteiger partial charge on any atom is 0.345 e. The minimum Gasteiger partial charge on any atom is -0.477 e. The molecule has 1 aliphatic carbocycles. The summed E-state index contributed by atoms with van der Waals surface area (Å²) in [4.78, 5) is 11.6. The van der Waals surface area contributed by atoms with Crippen LogP contribution < -0.4 is 0 Å². The van der Waals surface area contributed by atoms with Crippen LogP contribution in [0.3, 0.4) is 0 Å². The highest BCUT2D eigenvalue weighted by atomic mass is 32.1. The Bertz CT molecular complexity index is 889. The summed E-state index contributed by atoms with van der Waals surface area (Å²) in [6.45, 7) is 0. The van der Waals surface area contributed by atoms with Gasteiger partial charge in [-0.05, 0) is 47.4 Å². The van der Waals surface area contributed by atoms with E-state index in [0.717, 1.165) is 46.0 Å². The van der Waals surface area contributed by atoms with E-state index in [1.54, 1.807) is 6.07 Å². The molecule has 4 rings (SSSR count). The van der Waals surface area contributed by atoms with Gasteiger partial charge in [-0.15, -0.1) is 11.3 Å². The van der Waals surface area contributed by atoms with Gasteiger partial charge in [-0.1, -0.05) is 42.5 Å². The summed E-state index contributed by atoms with van der Waals surface area (Å²) in [6, 6.07) is 15.6. The first-order valence-electron chi connectivity index (χ1n) is 7.66. The lowest BCUT2D eigenvalue weighted by atomic mass is 9.75. The zero-order valence-electron chi connectivity index (χ0n) is 12.5. The third kappa shape index (κ3) is 2.35.